The number of hydrogen-bond donors (Lipinski definition) is 0. The maximum Gasteiger partial charge on any atom is 0.0998 e. The van der Waals surface area contributed by atoms with Crippen LogP contribution in [0, 0.1) is 11.3 Å². The van der Waals surface area contributed by atoms with Gasteiger partial charge in [0.25, 0.3) is 0 Å². The second-order valence-electron chi connectivity index (χ2n) is 3.14. The summed E-state index contributed by atoms with van der Waals surface area (Å²) in [5.74, 6) is 0. The zero-order chi connectivity index (χ0) is 14.9. The van der Waals surface area contributed by atoms with Crippen LogP contribution in [-0.4, -0.2) is 0 Å². The molecule has 0 N–H and O–H groups in total. The van der Waals surface area contributed by atoms with Gasteiger partial charge in [0.2, 0.25) is 0 Å². The molecule has 0 aliphatic heterocycles. The summed E-state index contributed by atoms with van der Waals surface area (Å²) in [7, 11) is 0. The van der Waals surface area contributed by atoms with Gasteiger partial charge in [-0.05, 0) is 22.8 Å². The first kappa shape index (κ1) is 6.88. The first-order chi connectivity index (χ1) is 9.52. The summed E-state index contributed by atoms with van der Waals surface area (Å²) in [4.78, 5) is 0. The van der Waals surface area contributed by atoms with E-state index in [9.17, 15) is 0 Å². The van der Waals surface area contributed by atoms with Crippen LogP contribution in [0.2, 0.25) is 0 Å². The van der Waals surface area contributed by atoms with Crippen molar-refractivity contribution in [3.63, 3.8) is 0 Å². The number of alkyl halides is 1. The third-order valence-electron chi connectivity index (χ3n) is 2.13. The molecule has 0 atom stereocenters. The quantitative estimate of drug-likeness (QED) is 0.757. The van der Waals surface area contributed by atoms with Crippen molar-refractivity contribution in [3.05, 3.63) is 59.6 Å². The predicted octanol–water partition coefficient (Wildman–Crippen LogP) is 4.12. The van der Waals surface area contributed by atoms with Crippen LogP contribution in [0.5, 0.6) is 0 Å². The lowest BCUT2D eigenvalue weighted by atomic mass is 10.00. The lowest BCUT2D eigenvalue weighted by Crippen LogP contribution is -1.84. The minimum atomic E-state index is -0.122. The molecule has 0 aliphatic carbocycles. The second kappa shape index (κ2) is 4.96. The Bertz CT molecular complexity index is 693. The molecule has 0 fully saturated rings. The van der Waals surface area contributed by atoms with Crippen LogP contribution in [0.3, 0.4) is 0 Å². The monoisotopic (exact) mass is 275 g/mol. The van der Waals surface area contributed by atoms with Crippen LogP contribution in [-0.2, 0) is 5.33 Å². The van der Waals surface area contributed by atoms with E-state index in [-0.39, 0.29) is 35.1 Å². The summed E-state index contributed by atoms with van der Waals surface area (Å²) in [6, 6.07) is 8.26. The molecule has 0 saturated carbocycles. The first-order valence-corrected chi connectivity index (χ1v) is 5.79. The average molecular weight is 276 g/mol. The summed E-state index contributed by atoms with van der Waals surface area (Å²) >= 11 is 3.18. The van der Waals surface area contributed by atoms with Gasteiger partial charge in [-0.3, -0.25) is 0 Å². The zero-order valence-electron chi connectivity index (χ0n) is 12.3. The minimum Gasteiger partial charge on any atom is -0.192 e. The van der Waals surface area contributed by atoms with E-state index in [1.54, 1.807) is 24.3 Å². The molecule has 0 radical (unpaired) electrons. The summed E-state index contributed by atoms with van der Waals surface area (Å²) in [6.45, 7) is 0. The van der Waals surface area contributed by atoms with Crippen LogP contribution in [0.25, 0.3) is 11.1 Å². The van der Waals surface area contributed by atoms with Gasteiger partial charge < -0.3 is 0 Å². The number of nitrogens with zero attached hydrogens (tertiary/aromatic N) is 1. The van der Waals surface area contributed by atoms with Crippen LogP contribution >= 0.6 is 15.9 Å². The first-order valence-electron chi connectivity index (χ1n) is 6.67. The second-order valence-corrected chi connectivity index (χ2v) is 3.71. The Morgan fingerprint density at radius 2 is 1.88 bits per heavy atom. The highest BCUT2D eigenvalue weighted by molar-refractivity contribution is 9.08. The van der Waals surface area contributed by atoms with Crippen LogP contribution in [0.4, 0.5) is 0 Å². The van der Waals surface area contributed by atoms with Gasteiger partial charge in [0.15, 0.2) is 0 Å². The smallest absolute Gasteiger partial charge is 0.0998 e. The Morgan fingerprint density at radius 3 is 2.50 bits per heavy atom. The van der Waals surface area contributed by atoms with E-state index >= 15 is 0 Å². The van der Waals surface area contributed by atoms with Gasteiger partial charge in [-0.2, -0.15) is 5.26 Å². The zero-order valence-corrected chi connectivity index (χ0v) is 9.93. The molecule has 2 aromatic rings. The van der Waals surface area contributed by atoms with Crippen molar-refractivity contribution in [1.29, 1.82) is 5.26 Å². The molecule has 0 aliphatic rings. The number of nitriles is 1. The summed E-state index contributed by atoms with van der Waals surface area (Å²) < 4.78 is 32.0. The molecule has 2 rings (SSSR count). The van der Waals surface area contributed by atoms with E-state index < -0.39 is 0 Å². The Balaban J connectivity index is 2.86. The van der Waals surface area contributed by atoms with Gasteiger partial charge in [-0.1, -0.05) is 58.3 Å². The maximum absolute atomic E-state index is 9.13. The Labute approximate surface area is 109 Å². The van der Waals surface area contributed by atoms with Crippen molar-refractivity contribution < 1.29 is 5.48 Å². The van der Waals surface area contributed by atoms with Crippen molar-refractivity contribution in [3.8, 4) is 17.2 Å². The molecule has 0 bridgehead atoms. The average Bonchev–Trinajstić information content (AvgIpc) is 2.46. The summed E-state index contributed by atoms with van der Waals surface area (Å²) in [5, 5.41) is 9.38. The molecule has 0 unspecified atom stereocenters. The fraction of sp³-hybridized carbons (Fsp3) is 0.0714. The molecular formula is C14H10BrN. The van der Waals surface area contributed by atoms with Crippen molar-refractivity contribution in [2.45, 2.75) is 5.33 Å². The molecule has 0 saturated heterocycles. The standard InChI is InChI=1S/C14H10BrN/c15-9-11-5-7-12(8-6-11)14-4-2-1-3-13(14)10-16/h1-8H,9H2/i5D,6D,7D,8D. The fourth-order valence-electron chi connectivity index (χ4n) is 1.34. The minimum absolute atomic E-state index is 0.0781. The topological polar surface area (TPSA) is 23.8 Å². The highest BCUT2D eigenvalue weighted by atomic mass is 79.9. The predicted molar refractivity (Wildman–Crippen MR) is 69.2 cm³/mol. The molecule has 0 aromatic heterocycles. The lowest BCUT2D eigenvalue weighted by Gasteiger charge is -2.04. The van der Waals surface area contributed by atoms with E-state index in [1.807, 2.05) is 6.07 Å². The molecule has 2 aromatic carbocycles. The third-order valence-corrected chi connectivity index (χ3v) is 2.69. The van der Waals surface area contributed by atoms with E-state index in [0.29, 0.717) is 16.7 Å². The number of benzene rings is 2. The molecule has 16 heavy (non-hydrogen) atoms. The van der Waals surface area contributed by atoms with Gasteiger partial charge in [0, 0.05) is 5.33 Å². The van der Waals surface area contributed by atoms with Gasteiger partial charge in [0.05, 0.1) is 17.1 Å². The largest absolute Gasteiger partial charge is 0.192 e. The summed E-state index contributed by atoms with van der Waals surface area (Å²) in [6.07, 6.45) is 0. The molecule has 78 valence electrons. The van der Waals surface area contributed by atoms with Gasteiger partial charge in [-0.15, -0.1) is 0 Å². The normalized spacial score (nSPS) is 13.2. The fourth-order valence-corrected chi connectivity index (χ4v) is 1.62. The SMILES string of the molecule is [2H]c1c([2H])c(-c2ccccc2C#N)c([2H])c([2H])c1CBr. The van der Waals surface area contributed by atoms with E-state index in [4.69, 9.17) is 10.7 Å². The van der Waals surface area contributed by atoms with Crippen LogP contribution in [0.15, 0.2) is 48.4 Å². The van der Waals surface area contributed by atoms with Gasteiger partial charge in [0.1, 0.15) is 0 Å². The Hall–Kier alpha value is -1.59. The summed E-state index contributed by atoms with van der Waals surface area (Å²) in [5.41, 5.74) is 1.24. The third kappa shape index (κ3) is 2.15. The van der Waals surface area contributed by atoms with Gasteiger partial charge >= 0.3 is 0 Å². The van der Waals surface area contributed by atoms with Crippen molar-refractivity contribution in [2.75, 3.05) is 0 Å². The molecule has 2 heteroatoms. The highest BCUT2D eigenvalue weighted by Crippen LogP contribution is 2.23. The van der Waals surface area contributed by atoms with Crippen LogP contribution in [0.1, 0.15) is 16.6 Å². The van der Waals surface area contributed by atoms with E-state index in [0.717, 1.165) is 0 Å². The molecule has 0 spiro atoms. The number of rotatable bonds is 2. The Kier molecular flexibility index (Phi) is 2.13. The Morgan fingerprint density at radius 1 is 1.19 bits per heavy atom. The van der Waals surface area contributed by atoms with Gasteiger partial charge in [-0.25, -0.2) is 0 Å². The van der Waals surface area contributed by atoms with Crippen molar-refractivity contribution >= 4 is 15.9 Å². The maximum atomic E-state index is 9.13. The van der Waals surface area contributed by atoms with E-state index in [2.05, 4.69) is 15.9 Å². The van der Waals surface area contributed by atoms with Crippen molar-refractivity contribution in [1.82, 2.24) is 0 Å². The van der Waals surface area contributed by atoms with Crippen molar-refractivity contribution in [2.24, 2.45) is 0 Å². The number of halogens is 1. The molecule has 0 heterocycles. The highest BCUT2D eigenvalue weighted by Gasteiger charge is 2.03. The lowest BCUT2D eigenvalue weighted by molar-refractivity contribution is 1.43. The van der Waals surface area contributed by atoms with Crippen LogP contribution < -0.4 is 0 Å². The number of hydrogen-bond acceptors (Lipinski definition) is 1. The molecule has 1 nitrogen and oxygen atoms in total. The molecule has 0 amide bonds. The molecular weight excluding hydrogens is 262 g/mol. The van der Waals surface area contributed by atoms with E-state index in [1.165, 1.54) is 0 Å².